The number of hydrogen-bond donors (Lipinski definition) is 2. The van der Waals surface area contributed by atoms with Gasteiger partial charge < -0.3 is 10.7 Å². The molecule has 0 amide bonds. The molecule has 0 atom stereocenters. The lowest BCUT2D eigenvalue weighted by molar-refractivity contribution is 0.585. The van der Waals surface area contributed by atoms with E-state index in [2.05, 4.69) is 16.9 Å². The molecule has 20 heavy (non-hydrogen) atoms. The van der Waals surface area contributed by atoms with E-state index in [1.807, 2.05) is 6.07 Å². The van der Waals surface area contributed by atoms with Crippen LogP contribution in [0.1, 0.15) is 57.7 Å². The Hall–Kier alpha value is -1.22. The molecule has 4 heteroatoms. The first kappa shape index (κ1) is 15.2. The summed E-state index contributed by atoms with van der Waals surface area (Å²) < 4.78 is 0. The summed E-state index contributed by atoms with van der Waals surface area (Å²) in [5.74, 6) is 1.02. The van der Waals surface area contributed by atoms with Crippen molar-refractivity contribution in [2.75, 3.05) is 5.73 Å². The van der Waals surface area contributed by atoms with E-state index in [9.17, 15) is 0 Å². The molecule has 3 N–H and O–H groups in total. The van der Waals surface area contributed by atoms with Crippen molar-refractivity contribution >= 4 is 28.3 Å². The number of unbranched alkanes of at least 4 members (excludes halogenated alkanes) is 6. The van der Waals surface area contributed by atoms with Crippen LogP contribution >= 0.6 is 11.6 Å². The van der Waals surface area contributed by atoms with E-state index >= 15 is 0 Å². The van der Waals surface area contributed by atoms with Crippen molar-refractivity contribution in [1.29, 1.82) is 0 Å². The van der Waals surface area contributed by atoms with Crippen molar-refractivity contribution in [3.63, 3.8) is 0 Å². The lowest BCUT2D eigenvalue weighted by atomic mass is 10.1. The number of aromatic nitrogens is 2. The van der Waals surface area contributed by atoms with Gasteiger partial charge in [-0.3, -0.25) is 0 Å². The monoisotopic (exact) mass is 293 g/mol. The molecule has 0 saturated heterocycles. The van der Waals surface area contributed by atoms with E-state index < -0.39 is 0 Å². The van der Waals surface area contributed by atoms with Gasteiger partial charge in [0.2, 0.25) is 0 Å². The lowest BCUT2D eigenvalue weighted by Crippen LogP contribution is -1.89. The highest BCUT2D eigenvalue weighted by molar-refractivity contribution is 6.31. The topological polar surface area (TPSA) is 54.7 Å². The Morgan fingerprint density at radius 1 is 1.10 bits per heavy atom. The van der Waals surface area contributed by atoms with Gasteiger partial charge in [0.1, 0.15) is 11.3 Å². The minimum Gasteiger partial charge on any atom is -0.397 e. The zero-order chi connectivity index (χ0) is 14.4. The van der Waals surface area contributed by atoms with Crippen LogP contribution in [0.25, 0.3) is 11.0 Å². The largest absolute Gasteiger partial charge is 0.397 e. The average molecular weight is 294 g/mol. The van der Waals surface area contributed by atoms with Crippen LogP contribution in [0.2, 0.25) is 5.02 Å². The number of fused-ring (bicyclic) bond motifs is 1. The Kier molecular flexibility index (Phi) is 5.72. The van der Waals surface area contributed by atoms with E-state index in [0.717, 1.165) is 23.3 Å². The van der Waals surface area contributed by atoms with Crippen LogP contribution in [-0.4, -0.2) is 9.97 Å². The van der Waals surface area contributed by atoms with Gasteiger partial charge in [-0.15, -0.1) is 0 Å². The first-order valence-electron chi connectivity index (χ1n) is 7.64. The first-order chi connectivity index (χ1) is 9.70. The molecule has 0 spiro atoms. The van der Waals surface area contributed by atoms with Gasteiger partial charge in [0, 0.05) is 11.4 Å². The second-order valence-electron chi connectivity index (χ2n) is 5.45. The summed E-state index contributed by atoms with van der Waals surface area (Å²) in [7, 11) is 0. The van der Waals surface area contributed by atoms with E-state index in [1.54, 1.807) is 6.07 Å². The number of hydrogen-bond acceptors (Lipinski definition) is 2. The van der Waals surface area contributed by atoms with E-state index in [4.69, 9.17) is 17.3 Å². The summed E-state index contributed by atoms with van der Waals surface area (Å²) in [6, 6.07) is 3.64. The first-order valence-corrected chi connectivity index (χ1v) is 8.02. The summed E-state index contributed by atoms with van der Waals surface area (Å²) in [5, 5.41) is 0.654. The number of nitrogens with two attached hydrogens (primary N) is 1. The highest BCUT2D eigenvalue weighted by atomic mass is 35.5. The molecular weight excluding hydrogens is 270 g/mol. The lowest BCUT2D eigenvalue weighted by Gasteiger charge is -1.99. The molecular formula is C16H24ClN3. The molecule has 2 rings (SSSR count). The normalized spacial score (nSPS) is 11.3. The van der Waals surface area contributed by atoms with Gasteiger partial charge in [0.05, 0.1) is 11.2 Å². The second-order valence-corrected chi connectivity index (χ2v) is 5.88. The summed E-state index contributed by atoms with van der Waals surface area (Å²) in [6.07, 6.45) is 10.2. The number of nitrogens with one attached hydrogen (secondary N) is 1. The molecule has 0 radical (unpaired) electrons. The number of aromatic amines is 1. The van der Waals surface area contributed by atoms with Crippen molar-refractivity contribution in [2.45, 2.75) is 58.3 Å². The molecule has 0 saturated carbocycles. The minimum absolute atomic E-state index is 0.648. The maximum atomic E-state index is 5.99. The van der Waals surface area contributed by atoms with Gasteiger partial charge in [0.15, 0.2) is 0 Å². The predicted octanol–water partition coefficient (Wildman–Crippen LogP) is 5.09. The Bertz CT molecular complexity index is 548. The van der Waals surface area contributed by atoms with Gasteiger partial charge in [0.25, 0.3) is 0 Å². The smallest absolute Gasteiger partial charge is 0.112 e. The third kappa shape index (κ3) is 4.14. The standard InChI is InChI=1S/C16H24ClN3/c1-2-3-4-5-6-7-8-9-15-19-14-11-12(17)10-13(18)16(14)20-15/h10-11H,2-9,18H2,1H3,(H,19,20). The van der Waals surface area contributed by atoms with E-state index in [-0.39, 0.29) is 0 Å². The van der Waals surface area contributed by atoms with Gasteiger partial charge in [-0.1, -0.05) is 57.0 Å². The number of nitrogens with zero attached hydrogens (tertiary/aromatic N) is 1. The number of benzene rings is 1. The van der Waals surface area contributed by atoms with Crippen LogP contribution < -0.4 is 5.73 Å². The number of halogens is 1. The van der Waals surface area contributed by atoms with Crippen LogP contribution in [0.15, 0.2) is 12.1 Å². The third-order valence-electron chi connectivity index (χ3n) is 3.65. The molecule has 1 heterocycles. The van der Waals surface area contributed by atoms with Crippen LogP contribution in [0, 0.1) is 0 Å². The van der Waals surface area contributed by atoms with Crippen LogP contribution in [0.3, 0.4) is 0 Å². The fraction of sp³-hybridized carbons (Fsp3) is 0.562. The van der Waals surface area contributed by atoms with Crippen LogP contribution in [0.4, 0.5) is 5.69 Å². The minimum atomic E-state index is 0.648. The van der Waals surface area contributed by atoms with Crippen molar-refractivity contribution in [1.82, 2.24) is 9.97 Å². The van der Waals surface area contributed by atoms with Gasteiger partial charge >= 0.3 is 0 Å². The van der Waals surface area contributed by atoms with Crippen molar-refractivity contribution in [2.24, 2.45) is 0 Å². The Morgan fingerprint density at radius 2 is 1.80 bits per heavy atom. The Morgan fingerprint density at radius 3 is 2.55 bits per heavy atom. The predicted molar refractivity (Wildman–Crippen MR) is 87.2 cm³/mol. The molecule has 0 bridgehead atoms. The average Bonchev–Trinajstić information content (AvgIpc) is 2.81. The highest BCUT2D eigenvalue weighted by Crippen LogP contribution is 2.24. The quantitative estimate of drug-likeness (QED) is 0.526. The number of anilines is 1. The summed E-state index contributed by atoms with van der Waals surface area (Å²) in [6.45, 7) is 2.25. The summed E-state index contributed by atoms with van der Waals surface area (Å²) >= 11 is 5.99. The molecule has 3 nitrogen and oxygen atoms in total. The van der Waals surface area contributed by atoms with Gasteiger partial charge in [-0.05, 0) is 18.6 Å². The zero-order valence-electron chi connectivity index (χ0n) is 12.2. The van der Waals surface area contributed by atoms with Gasteiger partial charge in [-0.25, -0.2) is 4.98 Å². The molecule has 0 aliphatic carbocycles. The number of nitrogen functional groups attached to an aromatic ring is 1. The summed E-state index contributed by atoms with van der Waals surface area (Å²) in [4.78, 5) is 7.87. The fourth-order valence-corrected chi connectivity index (χ4v) is 2.75. The number of aryl methyl sites for hydroxylation is 1. The number of rotatable bonds is 8. The van der Waals surface area contributed by atoms with Crippen molar-refractivity contribution in [3.05, 3.63) is 23.0 Å². The molecule has 110 valence electrons. The Labute approximate surface area is 125 Å². The molecule has 1 aromatic heterocycles. The van der Waals surface area contributed by atoms with Crippen LogP contribution in [0.5, 0.6) is 0 Å². The highest BCUT2D eigenvalue weighted by Gasteiger charge is 2.07. The molecule has 0 fully saturated rings. The molecule has 0 aliphatic rings. The molecule has 0 unspecified atom stereocenters. The van der Waals surface area contributed by atoms with Gasteiger partial charge in [-0.2, -0.15) is 0 Å². The van der Waals surface area contributed by atoms with Crippen molar-refractivity contribution < 1.29 is 0 Å². The second kappa shape index (κ2) is 7.53. The maximum absolute atomic E-state index is 5.99. The Balaban J connectivity index is 1.80. The maximum Gasteiger partial charge on any atom is 0.112 e. The van der Waals surface area contributed by atoms with Crippen molar-refractivity contribution in [3.8, 4) is 0 Å². The number of imidazole rings is 1. The zero-order valence-corrected chi connectivity index (χ0v) is 13.0. The molecule has 0 aliphatic heterocycles. The molecule has 2 aromatic rings. The molecule has 1 aromatic carbocycles. The SMILES string of the molecule is CCCCCCCCCc1nc2c(N)cc(Cl)cc2[nH]1. The van der Waals surface area contributed by atoms with E-state index in [0.29, 0.717) is 10.7 Å². The third-order valence-corrected chi connectivity index (χ3v) is 3.87. The fourth-order valence-electron chi connectivity index (χ4n) is 2.53. The van der Waals surface area contributed by atoms with E-state index in [1.165, 1.54) is 44.9 Å². The number of H-pyrrole nitrogens is 1. The van der Waals surface area contributed by atoms with Crippen LogP contribution in [-0.2, 0) is 6.42 Å². The summed E-state index contributed by atoms with van der Waals surface area (Å²) in [5.41, 5.74) is 8.35.